The third-order valence-electron chi connectivity index (χ3n) is 4.04. The lowest BCUT2D eigenvalue weighted by Gasteiger charge is -2.30. The molecule has 0 spiro atoms. The molecule has 1 saturated carbocycles. The van der Waals surface area contributed by atoms with Crippen molar-refractivity contribution in [2.75, 3.05) is 0 Å². The van der Waals surface area contributed by atoms with Gasteiger partial charge in [-0.1, -0.05) is 17.7 Å². The second-order valence-electron chi connectivity index (χ2n) is 5.90. The fourth-order valence-corrected chi connectivity index (χ4v) is 3.00. The van der Waals surface area contributed by atoms with Crippen LogP contribution in [0.25, 0.3) is 0 Å². The second kappa shape index (κ2) is 6.45. The standard InChI is InChI=1S/C15H14ClF4N3O2/c16-12-5-10(25-15(19,20)13(17)18)3-4-11(12)14(24,9-1-2-9)6-23-8-21-7-22-23/h3-5,7-9,13,24H,1-2,6H2. The highest BCUT2D eigenvalue weighted by Gasteiger charge is 2.47. The van der Waals surface area contributed by atoms with E-state index in [9.17, 15) is 22.7 Å². The average molecular weight is 380 g/mol. The number of aliphatic hydroxyl groups is 1. The van der Waals surface area contributed by atoms with Gasteiger partial charge in [0.1, 0.15) is 24.0 Å². The van der Waals surface area contributed by atoms with Crippen molar-refractivity contribution < 1.29 is 27.4 Å². The first-order valence-electron chi connectivity index (χ1n) is 7.42. The zero-order valence-corrected chi connectivity index (χ0v) is 13.5. The normalized spacial score (nSPS) is 17.6. The Morgan fingerprint density at radius 1 is 1.36 bits per heavy atom. The van der Waals surface area contributed by atoms with E-state index >= 15 is 0 Å². The van der Waals surface area contributed by atoms with Crippen molar-refractivity contribution in [1.29, 1.82) is 0 Å². The van der Waals surface area contributed by atoms with Gasteiger partial charge < -0.3 is 9.84 Å². The maximum atomic E-state index is 13.0. The van der Waals surface area contributed by atoms with Gasteiger partial charge in [0.05, 0.1) is 11.6 Å². The van der Waals surface area contributed by atoms with E-state index < -0.39 is 23.9 Å². The number of ether oxygens (including phenoxy) is 1. The predicted octanol–water partition coefficient (Wildman–Crippen LogP) is 3.47. The van der Waals surface area contributed by atoms with Crippen LogP contribution >= 0.6 is 11.6 Å². The fourth-order valence-electron chi connectivity index (χ4n) is 2.67. The molecular weight excluding hydrogens is 366 g/mol. The van der Waals surface area contributed by atoms with E-state index in [0.29, 0.717) is 5.56 Å². The maximum Gasteiger partial charge on any atom is 0.461 e. The van der Waals surface area contributed by atoms with Gasteiger partial charge >= 0.3 is 12.5 Å². The Hall–Kier alpha value is -1.87. The molecule has 0 radical (unpaired) electrons. The van der Waals surface area contributed by atoms with Gasteiger partial charge in [-0.15, -0.1) is 0 Å². The summed E-state index contributed by atoms with van der Waals surface area (Å²) in [6.07, 6.45) is -4.31. The third kappa shape index (κ3) is 3.72. The smallest absolute Gasteiger partial charge is 0.428 e. The van der Waals surface area contributed by atoms with Gasteiger partial charge in [-0.25, -0.2) is 9.67 Å². The number of hydrogen-bond acceptors (Lipinski definition) is 4. The Bertz CT molecular complexity index is 740. The molecule has 2 aromatic rings. The van der Waals surface area contributed by atoms with E-state index in [-0.39, 0.29) is 17.5 Å². The van der Waals surface area contributed by atoms with E-state index in [1.54, 1.807) is 0 Å². The molecule has 1 aliphatic carbocycles. The van der Waals surface area contributed by atoms with Crippen LogP contribution in [0.15, 0.2) is 30.9 Å². The summed E-state index contributed by atoms with van der Waals surface area (Å²) >= 11 is 6.12. The monoisotopic (exact) mass is 379 g/mol. The van der Waals surface area contributed by atoms with Crippen molar-refractivity contribution in [3.05, 3.63) is 41.4 Å². The summed E-state index contributed by atoms with van der Waals surface area (Å²) in [6, 6.07) is 3.36. The number of benzene rings is 1. The lowest BCUT2D eigenvalue weighted by molar-refractivity contribution is -0.253. The van der Waals surface area contributed by atoms with Crippen LogP contribution in [-0.2, 0) is 12.1 Å². The number of alkyl halides is 4. The minimum Gasteiger partial charge on any atom is -0.428 e. The fraction of sp³-hybridized carbons (Fsp3) is 0.467. The molecular formula is C15H14ClF4N3O2. The first-order chi connectivity index (χ1) is 11.7. The van der Waals surface area contributed by atoms with Crippen LogP contribution in [0.3, 0.4) is 0 Å². The van der Waals surface area contributed by atoms with E-state index in [0.717, 1.165) is 25.0 Å². The van der Waals surface area contributed by atoms with Gasteiger partial charge in [0, 0.05) is 5.56 Å². The van der Waals surface area contributed by atoms with Crippen LogP contribution < -0.4 is 4.74 Å². The molecule has 1 N–H and O–H groups in total. The summed E-state index contributed by atoms with van der Waals surface area (Å²) in [5.74, 6) is -0.596. The Morgan fingerprint density at radius 2 is 2.08 bits per heavy atom. The SMILES string of the molecule is OC(Cn1cncn1)(c1ccc(OC(F)(F)C(F)F)cc1Cl)C1CC1. The molecule has 1 atom stereocenters. The van der Waals surface area contributed by atoms with E-state index in [4.69, 9.17) is 11.6 Å². The minimum absolute atomic E-state index is 0.0583. The summed E-state index contributed by atoms with van der Waals surface area (Å²) in [7, 11) is 0. The molecule has 1 aliphatic rings. The maximum absolute atomic E-state index is 13.0. The van der Waals surface area contributed by atoms with Crippen LogP contribution in [-0.4, -0.2) is 32.4 Å². The molecule has 3 rings (SSSR count). The molecule has 0 amide bonds. The molecule has 1 unspecified atom stereocenters. The Balaban J connectivity index is 1.88. The van der Waals surface area contributed by atoms with Crippen LogP contribution in [0.5, 0.6) is 5.75 Å². The summed E-state index contributed by atoms with van der Waals surface area (Å²) < 4.78 is 55.9. The van der Waals surface area contributed by atoms with Crippen molar-refractivity contribution in [2.45, 2.75) is 37.5 Å². The number of nitrogens with zero attached hydrogens (tertiary/aromatic N) is 3. The predicted molar refractivity (Wildman–Crippen MR) is 79.7 cm³/mol. The summed E-state index contributed by atoms with van der Waals surface area (Å²) in [6.45, 7) is 0.0742. The highest BCUT2D eigenvalue weighted by molar-refractivity contribution is 6.31. The molecule has 0 saturated heterocycles. The van der Waals surface area contributed by atoms with Gasteiger partial charge in [0.2, 0.25) is 0 Å². The van der Waals surface area contributed by atoms with Crippen LogP contribution in [0, 0.1) is 5.92 Å². The molecule has 0 aliphatic heterocycles. The highest BCUT2D eigenvalue weighted by Crippen LogP contribution is 2.49. The summed E-state index contributed by atoms with van der Waals surface area (Å²) in [5.41, 5.74) is -1.09. The molecule has 25 heavy (non-hydrogen) atoms. The van der Waals surface area contributed by atoms with E-state index in [1.165, 1.54) is 23.4 Å². The molecule has 1 fully saturated rings. The third-order valence-corrected chi connectivity index (χ3v) is 4.35. The lowest BCUT2D eigenvalue weighted by atomic mass is 9.88. The molecule has 136 valence electrons. The number of aromatic nitrogens is 3. The van der Waals surface area contributed by atoms with Crippen molar-refractivity contribution in [2.24, 2.45) is 5.92 Å². The van der Waals surface area contributed by atoms with E-state index in [1.807, 2.05) is 0 Å². The quantitative estimate of drug-likeness (QED) is 0.748. The van der Waals surface area contributed by atoms with Crippen LogP contribution in [0.1, 0.15) is 18.4 Å². The van der Waals surface area contributed by atoms with E-state index in [2.05, 4.69) is 14.8 Å². The summed E-state index contributed by atoms with van der Waals surface area (Å²) in [5, 5.41) is 15.0. The first-order valence-corrected chi connectivity index (χ1v) is 7.80. The minimum atomic E-state index is -4.63. The zero-order chi connectivity index (χ0) is 18.2. The summed E-state index contributed by atoms with van der Waals surface area (Å²) in [4.78, 5) is 3.81. The number of halogens is 5. The first kappa shape index (κ1) is 17.9. The molecule has 1 aromatic carbocycles. The van der Waals surface area contributed by atoms with Crippen LogP contribution in [0.2, 0.25) is 5.02 Å². The van der Waals surface area contributed by atoms with Gasteiger partial charge in [-0.2, -0.15) is 22.7 Å². The average Bonchev–Trinajstić information content (AvgIpc) is 3.26. The topological polar surface area (TPSA) is 60.2 Å². The lowest BCUT2D eigenvalue weighted by Crippen LogP contribution is -2.35. The van der Waals surface area contributed by atoms with Gasteiger partial charge in [-0.05, 0) is 30.9 Å². The Morgan fingerprint density at radius 3 is 2.60 bits per heavy atom. The van der Waals surface area contributed by atoms with Gasteiger partial charge in [0.25, 0.3) is 0 Å². The van der Waals surface area contributed by atoms with Crippen molar-refractivity contribution in [3.8, 4) is 5.75 Å². The molecule has 1 aromatic heterocycles. The molecule has 1 heterocycles. The number of rotatable bonds is 7. The van der Waals surface area contributed by atoms with Crippen molar-refractivity contribution >= 4 is 11.6 Å². The van der Waals surface area contributed by atoms with Gasteiger partial charge in [0.15, 0.2) is 0 Å². The van der Waals surface area contributed by atoms with Crippen LogP contribution in [0.4, 0.5) is 17.6 Å². The molecule has 5 nitrogen and oxygen atoms in total. The highest BCUT2D eigenvalue weighted by atomic mass is 35.5. The Kier molecular flexibility index (Phi) is 4.63. The molecule has 0 bridgehead atoms. The molecule has 10 heteroatoms. The number of hydrogen-bond donors (Lipinski definition) is 1. The Labute approximate surface area is 145 Å². The zero-order valence-electron chi connectivity index (χ0n) is 12.7. The van der Waals surface area contributed by atoms with Crippen molar-refractivity contribution in [3.63, 3.8) is 0 Å². The van der Waals surface area contributed by atoms with Gasteiger partial charge in [-0.3, -0.25) is 0 Å². The van der Waals surface area contributed by atoms with Crippen molar-refractivity contribution in [1.82, 2.24) is 14.8 Å². The largest absolute Gasteiger partial charge is 0.461 e. The second-order valence-corrected chi connectivity index (χ2v) is 6.31.